The minimum atomic E-state index is -0.549. The Morgan fingerprint density at radius 2 is 2.21 bits per heavy atom. The fraction of sp³-hybridized carbons (Fsp3) is 0.556. The molecule has 2 heterocycles. The average molecular weight is 342 g/mol. The van der Waals surface area contributed by atoms with Gasteiger partial charge in [-0.25, -0.2) is 0 Å². The van der Waals surface area contributed by atoms with Gasteiger partial charge in [-0.1, -0.05) is 27.7 Å². The number of hydrogen-bond donors (Lipinski definition) is 1. The molecule has 2 atom stereocenters. The Labute approximate surface area is 104 Å². The van der Waals surface area contributed by atoms with Crippen molar-refractivity contribution in [2.75, 3.05) is 0 Å². The highest BCUT2D eigenvalue weighted by atomic mass is 79.9. The van der Waals surface area contributed by atoms with Crippen LogP contribution in [0.2, 0.25) is 0 Å². The van der Waals surface area contributed by atoms with Crippen LogP contribution in [0.5, 0.6) is 0 Å². The Morgan fingerprint density at radius 1 is 1.57 bits per heavy atom. The fourth-order valence-electron chi connectivity index (χ4n) is 1.51. The van der Waals surface area contributed by atoms with Gasteiger partial charge in [0.15, 0.2) is 9.76 Å². The Morgan fingerprint density at radius 3 is 2.86 bits per heavy atom. The summed E-state index contributed by atoms with van der Waals surface area (Å²) in [5, 5.41) is 10.7. The lowest BCUT2D eigenvalue weighted by Crippen LogP contribution is -2.28. The first-order chi connectivity index (χ1) is 6.42. The molecule has 14 heavy (non-hydrogen) atoms. The maximum Gasteiger partial charge on any atom is 0.169 e. The molecule has 0 saturated heterocycles. The third-order valence-corrected chi connectivity index (χ3v) is 5.91. The lowest BCUT2D eigenvalue weighted by molar-refractivity contribution is 0.227. The van der Waals surface area contributed by atoms with Crippen molar-refractivity contribution in [1.29, 1.82) is 0 Å². The molecule has 0 aromatic rings. The Balaban J connectivity index is 2.34. The van der Waals surface area contributed by atoms with Crippen LogP contribution in [0.4, 0.5) is 0 Å². The standard InChI is InChI=1S/C9H10Br2O2S/c1-9(2)7(11)6-4(12)3-5(10)13-8(6)14-9/h3-4,7,12H,1-2H3. The van der Waals surface area contributed by atoms with Gasteiger partial charge in [-0.2, -0.15) is 0 Å². The summed E-state index contributed by atoms with van der Waals surface area (Å²) in [5.74, 6) is 0. The molecule has 0 fully saturated rings. The summed E-state index contributed by atoms with van der Waals surface area (Å²) >= 11 is 8.48. The highest BCUT2D eigenvalue weighted by Crippen LogP contribution is 2.53. The van der Waals surface area contributed by atoms with Crippen molar-refractivity contribution >= 4 is 43.6 Å². The number of alkyl halides is 1. The van der Waals surface area contributed by atoms with Gasteiger partial charge >= 0.3 is 0 Å². The Kier molecular flexibility index (Phi) is 2.79. The summed E-state index contributed by atoms with van der Waals surface area (Å²) in [6.07, 6.45) is 1.11. The van der Waals surface area contributed by atoms with Crippen LogP contribution in [0.25, 0.3) is 0 Å². The second-order valence-corrected chi connectivity index (χ2v) is 7.15. The molecule has 0 aromatic heterocycles. The van der Waals surface area contributed by atoms with E-state index in [2.05, 4.69) is 45.7 Å². The van der Waals surface area contributed by atoms with Gasteiger partial charge < -0.3 is 9.84 Å². The lowest BCUT2D eigenvalue weighted by atomic mass is 9.98. The Bertz CT molecular complexity index is 336. The van der Waals surface area contributed by atoms with E-state index in [0.717, 1.165) is 10.7 Å². The zero-order valence-corrected chi connectivity index (χ0v) is 11.7. The second kappa shape index (κ2) is 3.54. The molecule has 78 valence electrons. The van der Waals surface area contributed by atoms with Crippen molar-refractivity contribution in [2.24, 2.45) is 0 Å². The molecule has 0 amide bonds. The summed E-state index contributed by atoms with van der Waals surface area (Å²) < 4.78 is 6.13. The first kappa shape index (κ1) is 11.0. The number of ether oxygens (including phenoxy) is 1. The third-order valence-electron chi connectivity index (χ3n) is 2.27. The van der Waals surface area contributed by atoms with E-state index in [1.807, 2.05) is 0 Å². The Hall–Kier alpha value is 0.550. The van der Waals surface area contributed by atoms with Crippen molar-refractivity contribution in [3.8, 4) is 0 Å². The molecule has 0 bridgehead atoms. The second-order valence-electron chi connectivity index (χ2n) is 3.83. The highest BCUT2D eigenvalue weighted by molar-refractivity contribution is 9.11. The van der Waals surface area contributed by atoms with Crippen LogP contribution in [0.3, 0.4) is 0 Å². The monoisotopic (exact) mass is 340 g/mol. The van der Waals surface area contributed by atoms with Crippen LogP contribution in [0.1, 0.15) is 13.8 Å². The molecular formula is C9H10Br2O2S. The smallest absolute Gasteiger partial charge is 0.169 e. The summed E-state index contributed by atoms with van der Waals surface area (Å²) in [5.41, 5.74) is 0.934. The highest BCUT2D eigenvalue weighted by Gasteiger charge is 2.45. The van der Waals surface area contributed by atoms with Crippen LogP contribution in [0.15, 0.2) is 21.4 Å². The topological polar surface area (TPSA) is 29.5 Å². The maximum atomic E-state index is 9.86. The molecule has 2 aliphatic rings. The van der Waals surface area contributed by atoms with Crippen molar-refractivity contribution in [1.82, 2.24) is 0 Å². The predicted molar refractivity (Wildman–Crippen MR) is 65.5 cm³/mol. The summed E-state index contributed by atoms with van der Waals surface area (Å²) in [6.45, 7) is 4.25. The molecule has 2 nitrogen and oxygen atoms in total. The van der Waals surface area contributed by atoms with Gasteiger partial charge in [-0.3, -0.25) is 0 Å². The quantitative estimate of drug-likeness (QED) is 0.686. The number of hydrogen-bond acceptors (Lipinski definition) is 3. The van der Waals surface area contributed by atoms with Crippen LogP contribution < -0.4 is 0 Å². The zero-order valence-electron chi connectivity index (χ0n) is 7.75. The SMILES string of the molecule is CC1(C)SC2=C(C(O)C=C(Br)O2)C1Br. The van der Waals surface area contributed by atoms with Crippen molar-refractivity contribution in [3.63, 3.8) is 0 Å². The molecule has 5 heteroatoms. The molecule has 0 radical (unpaired) electrons. The van der Waals surface area contributed by atoms with Gasteiger partial charge in [0, 0.05) is 10.3 Å². The third kappa shape index (κ3) is 1.68. The van der Waals surface area contributed by atoms with Gasteiger partial charge in [-0.15, -0.1) is 0 Å². The molecule has 1 N–H and O–H groups in total. The zero-order chi connectivity index (χ0) is 10.5. The van der Waals surface area contributed by atoms with E-state index in [1.165, 1.54) is 0 Å². The molecule has 0 aliphatic carbocycles. The van der Waals surface area contributed by atoms with Gasteiger partial charge in [-0.05, 0) is 35.9 Å². The minimum Gasteiger partial charge on any atom is -0.443 e. The summed E-state index contributed by atoms with van der Waals surface area (Å²) in [4.78, 5) is 0.154. The number of thioether (sulfide) groups is 1. The van der Waals surface area contributed by atoms with Gasteiger partial charge in [0.25, 0.3) is 0 Å². The molecular weight excluding hydrogens is 332 g/mol. The molecule has 0 aromatic carbocycles. The summed E-state index contributed by atoms with van der Waals surface area (Å²) in [7, 11) is 0. The van der Waals surface area contributed by atoms with Crippen molar-refractivity contribution in [2.45, 2.75) is 29.5 Å². The average Bonchev–Trinajstić information content (AvgIpc) is 2.21. The molecule has 2 aliphatic heterocycles. The van der Waals surface area contributed by atoms with E-state index in [-0.39, 0.29) is 9.57 Å². The minimum absolute atomic E-state index is 0.0249. The van der Waals surface area contributed by atoms with Crippen LogP contribution in [0, 0.1) is 0 Å². The number of aliphatic hydroxyl groups is 1. The van der Waals surface area contributed by atoms with Crippen molar-refractivity contribution in [3.05, 3.63) is 21.4 Å². The fourth-order valence-corrected chi connectivity index (χ4v) is 4.14. The lowest BCUT2D eigenvalue weighted by Gasteiger charge is -2.23. The van der Waals surface area contributed by atoms with Gasteiger partial charge in [0.05, 0.1) is 4.83 Å². The molecule has 0 spiro atoms. The van der Waals surface area contributed by atoms with Crippen LogP contribution >= 0.6 is 43.6 Å². The molecule has 2 unspecified atom stereocenters. The number of aliphatic hydroxyl groups excluding tert-OH is 1. The van der Waals surface area contributed by atoms with E-state index >= 15 is 0 Å². The maximum absolute atomic E-state index is 9.86. The molecule has 0 saturated carbocycles. The van der Waals surface area contributed by atoms with E-state index in [4.69, 9.17) is 4.74 Å². The summed E-state index contributed by atoms with van der Waals surface area (Å²) in [6, 6.07) is 0. The van der Waals surface area contributed by atoms with Gasteiger partial charge in [0.1, 0.15) is 6.10 Å². The largest absolute Gasteiger partial charge is 0.443 e. The normalized spacial score (nSPS) is 35.1. The van der Waals surface area contributed by atoms with E-state index < -0.39 is 6.10 Å². The van der Waals surface area contributed by atoms with Crippen LogP contribution in [-0.2, 0) is 4.74 Å². The number of rotatable bonds is 0. The van der Waals surface area contributed by atoms with Crippen molar-refractivity contribution < 1.29 is 9.84 Å². The van der Waals surface area contributed by atoms with Crippen LogP contribution in [-0.4, -0.2) is 20.8 Å². The molecule has 2 rings (SSSR count). The van der Waals surface area contributed by atoms with E-state index in [1.54, 1.807) is 17.8 Å². The van der Waals surface area contributed by atoms with Gasteiger partial charge in [0.2, 0.25) is 0 Å². The van der Waals surface area contributed by atoms with E-state index in [0.29, 0.717) is 4.67 Å². The number of halogens is 2. The predicted octanol–water partition coefficient (Wildman–Crippen LogP) is 3.11. The first-order valence-electron chi connectivity index (χ1n) is 4.22. The first-order valence-corrected chi connectivity index (χ1v) is 6.75. The van der Waals surface area contributed by atoms with E-state index in [9.17, 15) is 5.11 Å².